The van der Waals surface area contributed by atoms with Gasteiger partial charge in [-0.25, -0.2) is 4.98 Å². The average molecular weight is 611 g/mol. The summed E-state index contributed by atoms with van der Waals surface area (Å²) in [6.45, 7) is 0. The molecule has 212 valence electrons. The summed E-state index contributed by atoms with van der Waals surface area (Å²) in [5.41, 5.74) is 6.59. The van der Waals surface area contributed by atoms with Crippen LogP contribution in [0.15, 0.2) is 164 Å². The minimum Gasteiger partial charge on any atom is -0.292 e. The Bertz CT molecular complexity index is 2580. The second-order valence-corrected chi connectivity index (χ2v) is 15.9. The van der Waals surface area contributed by atoms with Crippen molar-refractivity contribution < 1.29 is 0 Å². The van der Waals surface area contributed by atoms with Crippen LogP contribution in [-0.4, -0.2) is 9.38 Å². The zero-order chi connectivity index (χ0) is 30.0. The van der Waals surface area contributed by atoms with E-state index in [-0.39, 0.29) is 0 Å². The van der Waals surface area contributed by atoms with Crippen LogP contribution in [0.4, 0.5) is 0 Å². The zero-order valence-corrected chi connectivity index (χ0v) is 26.0. The summed E-state index contributed by atoms with van der Waals surface area (Å²) < 4.78 is 2.31. The molecule has 0 saturated heterocycles. The number of hydrogen-bond donors (Lipinski definition) is 0. The smallest absolute Gasteiger partial charge is 0.146 e. The molecule has 45 heavy (non-hydrogen) atoms. The minimum atomic E-state index is -2.28. The number of para-hydroxylation sites is 1. The van der Waals surface area contributed by atoms with Gasteiger partial charge in [0.05, 0.1) is 16.6 Å². The number of fused-ring (bicyclic) bond motifs is 9. The van der Waals surface area contributed by atoms with E-state index >= 15 is 0 Å². The molecule has 0 aliphatic rings. The van der Waals surface area contributed by atoms with Crippen molar-refractivity contribution in [2.24, 2.45) is 0 Å². The lowest BCUT2D eigenvalue weighted by atomic mass is 9.98. The molecule has 0 N–H and O–H groups in total. The van der Waals surface area contributed by atoms with Crippen LogP contribution in [0.5, 0.6) is 0 Å². The van der Waals surface area contributed by atoms with Gasteiger partial charge in [0.15, 0.2) is 0 Å². The summed E-state index contributed by atoms with van der Waals surface area (Å²) in [4.78, 5) is 5.25. The predicted octanol–water partition coefficient (Wildman–Crippen LogP) is 9.37. The molecule has 0 unspecified atom stereocenters. The molecular formula is C41H27N2PS. The molecule has 0 fully saturated rings. The summed E-state index contributed by atoms with van der Waals surface area (Å²) >= 11 is 6.70. The number of pyridine rings is 1. The van der Waals surface area contributed by atoms with Gasteiger partial charge in [-0.05, 0) is 67.5 Å². The van der Waals surface area contributed by atoms with E-state index in [2.05, 4.69) is 168 Å². The van der Waals surface area contributed by atoms with Gasteiger partial charge in [0.25, 0.3) is 0 Å². The van der Waals surface area contributed by atoms with Gasteiger partial charge in [0, 0.05) is 16.8 Å². The maximum atomic E-state index is 6.70. The molecule has 4 heteroatoms. The largest absolute Gasteiger partial charge is 0.292 e. The Kier molecular flexibility index (Phi) is 5.99. The first-order valence-corrected chi connectivity index (χ1v) is 18.0. The third kappa shape index (κ3) is 4.02. The van der Waals surface area contributed by atoms with Crippen LogP contribution in [0.25, 0.3) is 60.3 Å². The molecule has 0 radical (unpaired) electrons. The fourth-order valence-corrected chi connectivity index (χ4v) is 10.7. The summed E-state index contributed by atoms with van der Waals surface area (Å²) in [6, 6.07) is 56.3. The Balaban J connectivity index is 1.28. The number of nitrogens with zero attached hydrogens (tertiary/aromatic N) is 2. The van der Waals surface area contributed by atoms with Crippen LogP contribution in [-0.2, 0) is 11.8 Å². The molecule has 9 aromatic rings. The van der Waals surface area contributed by atoms with Gasteiger partial charge in [-0.2, -0.15) is 0 Å². The van der Waals surface area contributed by atoms with Crippen LogP contribution >= 0.6 is 6.04 Å². The number of benzene rings is 7. The van der Waals surface area contributed by atoms with Gasteiger partial charge in [0.1, 0.15) is 5.65 Å². The number of rotatable bonds is 4. The molecule has 0 spiro atoms. The van der Waals surface area contributed by atoms with Gasteiger partial charge in [-0.15, -0.1) is 0 Å². The average Bonchev–Trinajstić information content (AvgIpc) is 3.51. The molecule has 0 saturated carbocycles. The van der Waals surface area contributed by atoms with E-state index in [0.717, 1.165) is 27.6 Å². The molecule has 2 nitrogen and oxygen atoms in total. The molecule has 0 bridgehead atoms. The fourth-order valence-electron chi connectivity index (χ4n) is 6.91. The van der Waals surface area contributed by atoms with Crippen molar-refractivity contribution in [2.45, 2.75) is 0 Å². The van der Waals surface area contributed by atoms with Crippen molar-refractivity contribution in [3.63, 3.8) is 0 Å². The van der Waals surface area contributed by atoms with E-state index in [9.17, 15) is 0 Å². The first-order chi connectivity index (χ1) is 22.2. The first kappa shape index (κ1) is 26.3. The van der Waals surface area contributed by atoms with E-state index < -0.39 is 6.04 Å². The van der Waals surface area contributed by atoms with Crippen LogP contribution in [0.2, 0.25) is 0 Å². The molecule has 0 atom stereocenters. The van der Waals surface area contributed by atoms with Crippen molar-refractivity contribution >= 4 is 82.9 Å². The van der Waals surface area contributed by atoms with Gasteiger partial charge in [-0.1, -0.05) is 151 Å². The number of imidazole rings is 1. The lowest BCUT2D eigenvalue weighted by Gasteiger charge is -2.24. The molecule has 7 aromatic carbocycles. The van der Waals surface area contributed by atoms with Crippen molar-refractivity contribution in [1.29, 1.82) is 0 Å². The highest BCUT2D eigenvalue weighted by Crippen LogP contribution is 2.44. The summed E-state index contributed by atoms with van der Waals surface area (Å²) in [5.74, 6) is 0. The van der Waals surface area contributed by atoms with Crippen LogP contribution < -0.4 is 15.9 Å². The summed E-state index contributed by atoms with van der Waals surface area (Å²) in [5, 5.41) is 9.63. The molecule has 2 aromatic heterocycles. The van der Waals surface area contributed by atoms with Crippen LogP contribution in [0, 0.1) is 0 Å². The van der Waals surface area contributed by atoms with E-state index in [1.165, 1.54) is 48.5 Å². The topological polar surface area (TPSA) is 17.3 Å². The van der Waals surface area contributed by atoms with E-state index in [1.807, 2.05) is 0 Å². The van der Waals surface area contributed by atoms with E-state index in [0.29, 0.717) is 0 Å². The van der Waals surface area contributed by atoms with Crippen molar-refractivity contribution in [1.82, 2.24) is 9.38 Å². The highest BCUT2D eigenvalue weighted by molar-refractivity contribution is 8.25. The summed E-state index contributed by atoms with van der Waals surface area (Å²) in [7, 11) is 0. The molecule has 0 amide bonds. The van der Waals surface area contributed by atoms with Gasteiger partial charge in [0.2, 0.25) is 0 Å². The van der Waals surface area contributed by atoms with Crippen molar-refractivity contribution in [3.05, 3.63) is 164 Å². The van der Waals surface area contributed by atoms with Crippen molar-refractivity contribution in [2.75, 3.05) is 0 Å². The summed E-state index contributed by atoms with van der Waals surface area (Å²) in [6.07, 6.45) is 0. The van der Waals surface area contributed by atoms with Gasteiger partial charge < -0.3 is 0 Å². The van der Waals surface area contributed by atoms with E-state index in [4.69, 9.17) is 16.8 Å². The molecule has 0 aliphatic heterocycles. The quantitative estimate of drug-likeness (QED) is 0.146. The Morgan fingerprint density at radius 1 is 0.467 bits per heavy atom. The van der Waals surface area contributed by atoms with Crippen LogP contribution in [0.1, 0.15) is 0 Å². The maximum absolute atomic E-state index is 6.70. The second kappa shape index (κ2) is 10.2. The highest BCUT2D eigenvalue weighted by atomic mass is 32.4. The monoisotopic (exact) mass is 610 g/mol. The van der Waals surface area contributed by atoms with Crippen molar-refractivity contribution in [3.8, 4) is 11.1 Å². The first-order valence-electron chi connectivity index (χ1n) is 15.2. The highest BCUT2D eigenvalue weighted by Gasteiger charge is 2.25. The SMILES string of the molecule is S=P(c1ccccc1)(c1ccccc1)c1ccc2cccc(-c3ccc4c(c3)nc3c5ccccc5c5ccccc5n43)c2c1. The van der Waals surface area contributed by atoms with Crippen LogP contribution in [0.3, 0.4) is 0 Å². The molecular weight excluding hydrogens is 584 g/mol. The Hall–Kier alpha value is -5.08. The third-order valence-electron chi connectivity index (χ3n) is 9.04. The number of aromatic nitrogens is 2. The molecule has 9 rings (SSSR count). The molecule has 2 heterocycles. The third-order valence-corrected chi connectivity index (χ3v) is 14.0. The zero-order valence-electron chi connectivity index (χ0n) is 24.3. The Morgan fingerprint density at radius 2 is 1.13 bits per heavy atom. The number of hydrogen-bond acceptors (Lipinski definition) is 2. The molecule has 0 aliphatic carbocycles. The Labute approximate surface area is 266 Å². The lowest BCUT2D eigenvalue weighted by Crippen LogP contribution is -2.24. The van der Waals surface area contributed by atoms with Gasteiger partial charge in [-0.3, -0.25) is 4.40 Å². The lowest BCUT2D eigenvalue weighted by molar-refractivity contribution is 1.31. The standard InChI is InChI=1S/C41H27N2PS/c45-44(30-13-3-1-4-14-30,31-15-5-2-6-16-31)32-24-22-28-12-11-20-33(37(28)27-32)29-23-25-40-38(26-29)42-41-36-19-8-7-17-34(36)35-18-9-10-21-39(35)43(40)41/h1-27H. The Morgan fingerprint density at radius 3 is 1.89 bits per heavy atom. The normalized spacial score (nSPS) is 12.1. The predicted molar refractivity (Wildman–Crippen MR) is 197 cm³/mol. The maximum Gasteiger partial charge on any atom is 0.146 e. The minimum absolute atomic E-state index is 0.987. The fraction of sp³-hybridized carbons (Fsp3) is 0. The second-order valence-electron chi connectivity index (χ2n) is 11.5. The van der Waals surface area contributed by atoms with Gasteiger partial charge >= 0.3 is 0 Å². The van der Waals surface area contributed by atoms with E-state index in [1.54, 1.807) is 0 Å².